The van der Waals surface area contributed by atoms with Gasteiger partial charge in [-0.05, 0) is 18.6 Å². The summed E-state index contributed by atoms with van der Waals surface area (Å²) in [5.41, 5.74) is 7.92. The third-order valence-corrected chi connectivity index (χ3v) is 1.99. The molecule has 0 saturated carbocycles. The first kappa shape index (κ1) is 7.31. The van der Waals surface area contributed by atoms with Crippen molar-refractivity contribution in [3.63, 3.8) is 0 Å². The Hall–Kier alpha value is -1.35. The second-order valence-corrected chi connectivity index (χ2v) is 3.01. The lowest BCUT2D eigenvalue weighted by molar-refractivity contribution is 0.819. The number of aromatic nitrogens is 2. The average Bonchev–Trinajstić information content (AvgIpc) is 2.49. The van der Waals surface area contributed by atoms with E-state index in [2.05, 4.69) is 10.2 Å². The molecule has 0 unspecified atom stereocenters. The molecule has 1 heterocycles. The number of benzene rings is 1. The van der Waals surface area contributed by atoms with Gasteiger partial charge in [-0.2, -0.15) is 5.10 Å². The van der Waals surface area contributed by atoms with Gasteiger partial charge in [-0.3, -0.25) is 5.10 Å². The van der Waals surface area contributed by atoms with Gasteiger partial charge in [0.25, 0.3) is 0 Å². The van der Waals surface area contributed by atoms with Crippen LogP contribution in [0.2, 0.25) is 0 Å². The lowest BCUT2D eigenvalue weighted by Crippen LogP contribution is -2.04. The zero-order chi connectivity index (χ0) is 8.55. The van der Waals surface area contributed by atoms with Crippen LogP contribution in [0.5, 0.6) is 0 Å². The monoisotopic (exact) mass is 161 g/mol. The summed E-state index contributed by atoms with van der Waals surface area (Å²) in [6.45, 7) is 1.97. The van der Waals surface area contributed by atoms with E-state index in [1.54, 1.807) is 6.20 Å². The highest BCUT2D eigenvalue weighted by Gasteiger charge is 2.00. The summed E-state index contributed by atoms with van der Waals surface area (Å²) in [6, 6.07) is 6.17. The number of nitrogens with two attached hydrogens (primary N) is 1. The topological polar surface area (TPSA) is 54.7 Å². The molecule has 12 heavy (non-hydrogen) atoms. The molecule has 0 aliphatic heterocycles. The minimum absolute atomic E-state index is 0.0812. The van der Waals surface area contributed by atoms with Gasteiger partial charge in [0.15, 0.2) is 0 Å². The van der Waals surface area contributed by atoms with Crippen LogP contribution in [0.25, 0.3) is 10.9 Å². The molecule has 2 aromatic rings. The molecule has 1 atom stereocenters. The highest BCUT2D eigenvalue weighted by molar-refractivity contribution is 5.78. The van der Waals surface area contributed by atoms with Crippen LogP contribution in [0.4, 0.5) is 0 Å². The molecule has 0 saturated heterocycles. The zero-order valence-corrected chi connectivity index (χ0v) is 6.91. The van der Waals surface area contributed by atoms with Crippen molar-refractivity contribution in [1.82, 2.24) is 10.2 Å². The summed E-state index contributed by atoms with van der Waals surface area (Å²) in [7, 11) is 0. The second kappa shape index (κ2) is 2.60. The van der Waals surface area contributed by atoms with Gasteiger partial charge in [-0.15, -0.1) is 0 Å². The van der Waals surface area contributed by atoms with E-state index in [0.29, 0.717) is 0 Å². The van der Waals surface area contributed by atoms with Crippen molar-refractivity contribution in [2.24, 2.45) is 5.73 Å². The van der Waals surface area contributed by atoms with Crippen LogP contribution in [0.3, 0.4) is 0 Å². The largest absolute Gasteiger partial charge is 0.324 e. The lowest BCUT2D eigenvalue weighted by atomic mass is 10.1. The lowest BCUT2D eigenvalue weighted by Gasteiger charge is -2.03. The molecule has 62 valence electrons. The Balaban J connectivity index is 2.60. The number of hydrogen-bond donors (Lipinski definition) is 2. The molecular weight excluding hydrogens is 150 g/mol. The van der Waals surface area contributed by atoms with E-state index in [0.717, 1.165) is 16.5 Å². The number of H-pyrrole nitrogens is 1. The SMILES string of the molecule is C[C@H](N)c1ccc2cn[nH]c2c1. The van der Waals surface area contributed by atoms with E-state index in [1.165, 1.54) is 0 Å². The van der Waals surface area contributed by atoms with Gasteiger partial charge in [0, 0.05) is 11.4 Å². The van der Waals surface area contributed by atoms with Gasteiger partial charge in [0.05, 0.1) is 11.7 Å². The average molecular weight is 161 g/mol. The van der Waals surface area contributed by atoms with Crippen molar-refractivity contribution in [2.45, 2.75) is 13.0 Å². The van der Waals surface area contributed by atoms with Gasteiger partial charge in [0.1, 0.15) is 0 Å². The van der Waals surface area contributed by atoms with Crippen molar-refractivity contribution in [2.75, 3.05) is 0 Å². The number of hydrogen-bond acceptors (Lipinski definition) is 2. The van der Waals surface area contributed by atoms with Gasteiger partial charge in [-0.1, -0.05) is 12.1 Å². The van der Waals surface area contributed by atoms with Crippen LogP contribution < -0.4 is 5.73 Å². The van der Waals surface area contributed by atoms with Gasteiger partial charge >= 0.3 is 0 Å². The molecule has 1 aromatic carbocycles. The first-order valence-electron chi connectivity index (χ1n) is 3.96. The maximum absolute atomic E-state index is 5.74. The number of rotatable bonds is 1. The molecule has 1 aromatic heterocycles. The molecule has 3 heteroatoms. The third-order valence-electron chi connectivity index (χ3n) is 1.99. The van der Waals surface area contributed by atoms with Crippen LogP contribution in [-0.4, -0.2) is 10.2 Å². The molecule has 0 fully saturated rings. The Morgan fingerprint density at radius 1 is 1.50 bits per heavy atom. The van der Waals surface area contributed by atoms with E-state index in [1.807, 2.05) is 25.1 Å². The molecular formula is C9H11N3. The number of fused-ring (bicyclic) bond motifs is 1. The summed E-state index contributed by atoms with van der Waals surface area (Å²) in [6.07, 6.45) is 1.81. The Kier molecular flexibility index (Phi) is 1.59. The quantitative estimate of drug-likeness (QED) is 0.667. The van der Waals surface area contributed by atoms with Gasteiger partial charge < -0.3 is 5.73 Å². The normalized spacial score (nSPS) is 13.5. The van der Waals surface area contributed by atoms with Crippen LogP contribution in [0.1, 0.15) is 18.5 Å². The van der Waals surface area contributed by atoms with E-state index in [9.17, 15) is 0 Å². The van der Waals surface area contributed by atoms with Crippen molar-refractivity contribution < 1.29 is 0 Å². The van der Waals surface area contributed by atoms with Crippen LogP contribution in [0, 0.1) is 0 Å². The Morgan fingerprint density at radius 3 is 3.08 bits per heavy atom. The second-order valence-electron chi connectivity index (χ2n) is 3.01. The number of aromatic amines is 1. The minimum Gasteiger partial charge on any atom is -0.324 e. The highest BCUT2D eigenvalue weighted by atomic mass is 15.1. The molecule has 0 radical (unpaired) electrons. The zero-order valence-electron chi connectivity index (χ0n) is 6.91. The highest BCUT2D eigenvalue weighted by Crippen LogP contribution is 2.16. The summed E-state index contributed by atoms with van der Waals surface area (Å²) in [4.78, 5) is 0. The molecule has 0 spiro atoms. The first-order chi connectivity index (χ1) is 5.77. The van der Waals surface area contributed by atoms with Crippen molar-refractivity contribution in [1.29, 1.82) is 0 Å². The van der Waals surface area contributed by atoms with Crippen molar-refractivity contribution in [3.8, 4) is 0 Å². The number of nitrogens with zero attached hydrogens (tertiary/aromatic N) is 1. The molecule has 3 nitrogen and oxygen atoms in total. The Labute approximate surface area is 70.6 Å². The Morgan fingerprint density at radius 2 is 2.33 bits per heavy atom. The van der Waals surface area contributed by atoms with Crippen LogP contribution in [0.15, 0.2) is 24.4 Å². The summed E-state index contributed by atoms with van der Waals surface area (Å²) in [5, 5.41) is 7.97. The predicted octanol–water partition coefficient (Wildman–Crippen LogP) is 1.58. The third kappa shape index (κ3) is 1.08. The van der Waals surface area contributed by atoms with Gasteiger partial charge in [-0.25, -0.2) is 0 Å². The first-order valence-corrected chi connectivity index (χ1v) is 3.96. The molecule has 3 N–H and O–H groups in total. The standard InChI is InChI=1S/C9H11N3/c1-6(10)7-2-3-8-5-11-12-9(8)4-7/h2-6H,10H2,1H3,(H,11,12)/t6-/m0/s1. The molecule has 2 rings (SSSR count). The Bertz CT molecular complexity index is 389. The predicted molar refractivity (Wildman–Crippen MR) is 48.7 cm³/mol. The van der Waals surface area contributed by atoms with Gasteiger partial charge in [0.2, 0.25) is 0 Å². The minimum atomic E-state index is 0.0812. The van der Waals surface area contributed by atoms with E-state index < -0.39 is 0 Å². The molecule has 0 amide bonds. The smallest absolute Gasteiger partial charge is 0.0653 e. The maximum atomic E-state index is 5.74. The summed E-state index contributed by atoms with van der Waals surface area (Å²) in [5.74, 6) is 0. The summed E-state index contributed by atoms with van der Waals surface area (Å²) < 4.78 is 0. The molecule has 0 aliphatic carbocycles. The fourth-order valence-electron chi connectivity index (χ4n) is 1.24. The molecule has 0 bridgehead atoms. The summed E-state index contributed by atoms with van der Waals surface area (Å²) >= 11 is 0. The van der Waals surface area contributed by atoms with Crippen molar-refractivity contribution in [3.05, 3.63) is 30.0 Å². The number of nitrogens with one attached hydrogen (secondary N) is 1. The van der Waals surface area contributed by atoms with Crippen molar-refractivity contribution >= 4 is 10.9 Å². The van der Waals surface area contributed by atoms with E-state index >= 15 is 0 Å². The van der Waals surface area contributed by atoms with Crippen LogP contribution >= 0.6 is 0 Å². The fourth-order valence-corrected chi connectivity index (χ4v) is 1.24. The van der Waals surface area contributed by atoms with E-state index in [-0.39, 0.29) is 6.04 Å². The van der Waals surface area contributed by atoms with Crippen LogP contribution in [-0.2, 0) is 0 Å². The maximum Gasteiger partial charge on any atom is 0.0653 e. The van der Waals surface area contributed by atoms with E-state index in [4.69, 9.17) is 5.73 Å². The molecule has 0 aliphatic rings. The fraction of sp³-hybridized carbons (Fsp3) is 0.222.